The lowest BCUT2D eigenvalue weighted by atomic mass is 10.1. The van der Waals surface area contributed by atoms with Gasteiger partial charge in [-0.05, 0) is 36.4 Å². The summed E-state index contributed by atoms with van der Waals surface area (Å²) in [6.45, 7) is 0.298. The van der Waals surface area contributed by atoms with Gasteiger partial charge in [-0.1, -0.05) is 11.6 Å². The van der Waals surface area contributed by atoms with Crippen LogP contribution in [0.2, 0.25) is 5.02 Å². The molecule has 2 aromatic rings. The molecule has 0 saturated heterocycles. The highest BCUT2D eigenvalue weighted by molar-refractivity contribution is 6.30. The molecule has 2 N–H and O–H groups in total. The van der Waals surface area contributed by atoms with Gasteiger partial charge in [0.05, 0.1) is 11.6 Å². The maximum atomic E-state index is 13.6. The third-order valence-corrected chi connectivity index (χ3v) is 3.04. The first-order chi connectivity index (χ1) is 9.63. The number of nitriles is 1. The Labute approximate surface area is 121 Å². The van der Waals surface area contributed by atoms with Gasteiger partial charge in [-0.2, -0.15) is 5.26 Å². The lowest BCUT2D eigenvalue weighted by Crippen LogP contribution is -2.04. The summed E-state index contributed by atoms with van der Waals surface area (Å²) >= 11 is 5.87. The number of hydrogen-bond acceptors (Lipinski definition) is 3. The summed E-state index contributed by atoms with van der Waals surface area (Å²) in [6.07, 6.45) is 0. The molecule has 0 saturated carbocycles. The monoisotopic (exact) mass is 290 g/mol. The van der Waals surface area contributed by atoms with Crippen LogP contribution in [0, 0.1) is 17.1 Å². The highest BCUT2D eigenvalue weighted by atomic mass is 35.5. The third-order valence-electron chi connectivity index (χ3n) is 2.80. The highest BCUT2D eigenvalue weighted by Crippen LogP contribution is 2.24. The SMILES string of the molecule is N#Cc1ccc(F)c(COc2ccc(Cl)cc2CN)c1. The fraction of sp³-hybridized carbons (Fsp3) is 0.133. The van der Waals surface area contributed by atoms with Crippen molar-refractivity contribution < 1.29 is 9.13 Å². The van der Waals surface area contributed by atoms with E-state index in [1.54, 1.807) is 18.2 Å². The van der Waals surface area contributed by atoms with E-state index in [0.717, 1.165) is 5.56 Å². The van der Waals surface area contributed by atoms with Crippen molar-refractivity contribution in [1.82, 2.24) is 0 Å². The lowest BCUT2D eigenvalue weighted by molar-refractivity contribution is 0.297. The molecule has 102 valence electrons. The molecule has 0 bridgehead atoms. The molecule has 0 aromatic heterocycles. The van der Waals surface area contributed by atoms with E-state index < -0.39 is 5.82 Å². The van der Waals surface area contributed by atoms with Gasteiger partial charge in [0, 0.05) is 22.7 Å². The van der Waals surface area contributed by atoms with E-state index in [-0.39, 0.29) is 13.2 Å². The van der Waals surface area contributed by atoms with E-state index in [4.69, 9.17) is 27.3 Å². The Balaban J connectivity index is 2.19. The summed E-state index contributed by atoms with van der Waals surface area (Å²) in [5.41, 5.74) is 7.06. The predicted octanol–water partition coefficient (Wildman–Crippen LogP) is 3.39. The number of halogens is 2. The summed E-state index contributed by atoms with van der Waals surface area (Å²) in [7, 11) is 0. The van der Waals surface area contributed by atoms with Gasteiger partial charge < -0.3 is 10.5 Å². The van der Waals surface area contributed by atoms with Crippen LogP contribution in [-0.2, 0) is 13.2 Å². The first-order valence-corrected chi connectivity index (χ1v) is 6.31. The smallest absolute Gasteiger partial charge is 0.129 e. The Kier molecular flexibility index (Phi) is 4.57. The van der Waals surface area contributed by atoms with Crippen molar-refractivity contribution in [3.05, 3.63) is 63.9 Å². The zero-order valence-electron chi connectivity index (χ0n) is 10.6. The summed E-state index contributed by atoms with van der Waals surface area (Å²) in [5, 5.41) is 9.37. The van der Waals surface area contributed by atoms with Crippen LogP contribution < -0.4 is 10.5 Å². The van der Waals surface area contributed by atoms with Gasteiger partial charge in [0.25, 0.3) is 0 Å². The van der Waals surface area contributed by atoms with E-state index in [2.05, 4.69) is 0 Å². The minimum atomic E-state index is -0.410. The zero-order valence-corrected chi connectivity index (χ0v) is 11.3. The fourth-order valence-electron chi connectivity index (χ4n) is 1.76. The van der Waals surface area contributed by atoms with Crippen molar-refractivity contribution in [1.29, 1.82) is 5.26 Å². The molecule has 0 radical (unpaired) electrons. The molecule has 0 heterocycles. The molecule has 0 aliphatic heterocycles. The summed E-state index contributed by atoms with van der Waals surface area (Å²) < 4.78 is 19.2. The number of rotatable bonds is 4. The Morgan fingerprint density at radius 3 is 2.70 bits per heavy atom. The quantitative estimate of drug-likeness (QED) is 0.939. The Bertz CT molecular complexity index is 667. The van der Waals surface area contributed by atoms with Gasteiger partial charge in [0.15, 0.2) is 0 Å². The van der Waals surface area contributed by atoms with Crippen LogP contribution >= 0.6 is 11.6 Å². The van der Waals surface area contributed by atoms with Gasteiger partial charge in [-0.25, -0.2) is 4.39 Å². The van der Waals surface area contributed by atoms with Crippen molar-refractivity contribution in [2.75, 3.05) is 0 Å². The normalized spacial score (nSPS) is 10.1. The van der Waals surface area contributed by atoms with Crippen molar-refractivity contribution in [2.45, 2.75) is 13.2 Å². The predicted molar refractivity (Wildman–Crippen MR) is 74.8 cm³/mol. The minimum absolute atomic E-state index is 0.0238. The summed E-state index contributed by atoms with van der Waals surface area (Å²) in [4.78, 5) is 0. The minimum Gasteiger partial charge on any atom is -0.488 e. The van der Waals surface area contributed by atoms with Gasteiger partial charge >= 0.3 is 0 Å². The molecule has 2 aromatic carbocycles. The molecule has 2 rings (SSSR count). The van der Waals surface area contributed by atoms with Crippen molar-refractivity contribution in [3.63, 3.8) is 0 Å². The zero-order chi connectivity index (χ0) is 14.5. The second-order valence-electron chi connectivity index (χ2n) is 4.16. The highest BCUT2D eigenvalue weighted by Gasteiger charge is 2.07. The molecule has 5 heteroatoms. The van der Waals surface area contributed by atoms with Crippen molar-refractivity contribution >= 4 is 11.6 Å². The average molecular weight is 291 g/mol. The molecule has 0 aliphatic carbocycles. The molecule has 0 aliphatic rings. The molecule has 20 heavy (non-hydrogen) atoms. The topological polar surface area (TPSA) is 59.0 Å². The molecule has 0 atom stereocenters. The second kappa shape index (κ2) is 6.38. The summed E-state index contributed by atoms with van der Waals surface area (Å²) in [6, 6.07) is 11.2. The maximum Gasteiger partial charge on any atom is 0.129 e. The Hall–Kier alpha value is -2.09. The van der Waals surface area contributed by atoms with E-state index in [1.165, 1.54) is 18.2 Å². The van der Waals surface area contributed by atoms with Gasteiger partial charge in [-0.3, -0.25) is 0 Å². The standard InChI is InChI=1S/C15H12ClFN2O/c16-13-2-4-15(11(6-13)8-19)20-9-12-5-10(7-18)1-3-14(12)17/h1-6H,8-9,19H2. The third kappa shape index (κ3) is 3.27. The van der Waals surface area contributed by atoms with Gasteiger partial charge in [0.2, 0.25) is 0 Å². The van der Waals surface area contributed by atoms with Crippen LogP contribution in [0.5, 0.6) is 5.75 Å². The Morgan fingerprint density at radius 2 is 2.00 bits per heavy atom. The summed E-state index contributed by atoms with van der Waals surface area (Å²) in [5.74, 6) is 0.144. The number of nitrogens with zero attached hydrogens (tertiary/aromatic N) is 1. The average Bonchev–Trinajstić information content (AvgIpc) is 2.47. The number of benzene rings is 2. The van der Waals surface area contributed by atoms with Crippen LogP contribution in [0.25, 0.3) is 0 Å². The first kappa shape index (κ1) is 14.3. The molecule has 3 nitrogen and oxygen atoms in total. The van der Waals surface area contributed by atoms with Crippen LogP contribution in [-0.4, -0.2) is 0 Å². The van der Waals surface area contributed by atoms with Crippen LogP contribution in [0.4, 0.5) is 4.39 Å². The van der Waals surface area contributed by atoms with E-state index in [0.29, 0.717) is 21.9 Å². The number of ether oxygens (including phenoxy) is 1. The maximum absolute atomic E-state index is 13.6. The van der Waals surface area contributed by atoms with Crippen LogP contribution in [0.1, 0.15) is 16.7 Å². The molecular formula is C15H12ClFN2O. The molecule has 0 unspecified atom stereocenters. The fourth-order valence-corrected chi connectivity index (χ4v) is 1.95. The van der Waals surface area contributed by atoms with Crippen molar-refractivity contribution in [2.24, 2.45) is 5.73 Å². The second-order valence-corrected chi connectivity index (χ2v) is 4.60. The van der Waals surface area contributed by atoms with E-state index in [9.17, 15) is 4.39 Å². The Morgan fingerprint density at radius 1 is 1.20 bits per heavy atom. The molecule has 0 spiro atoms. The van der Waals surface area contributed by atoms with Crippen LogP contribution in [0.15, 0.2) is 36.4 Å². The van der Waals surface area contributed by atoms with E-state index in [1.807, 2.05) is 6.07 Å². The van der Waals surface area contributed by atoms with Crippen LogP contribution in [0.3, 0.4) is 0 Å². The van der Waals surface area contributed by atoms with Crippen molar-refractivity contribution in [3.8, 4) is 11.8 Å². The first-order valence-electron chi connectivity index (χ1n) is 5.94. The molecular weight excluding hydrogens is 279 g/mol. The van der Waals surface area contributed by atoms with Gasteiger partial charge in [-0.15, -0.1) is 0 Å². The lowest BCUT2D eigenvalue weighted by Gasteiger charge is -2.11. The molecule has 0 fully saturated rings. The van der Waals surface area contributed by atoms with E-state index >= 15 is 0 Å². The number of nitrogens with two attached hydrogens (primary N) is 1. The number of hydrogen-bond donors (Lipinski definition) is 1. The largest absolute Gasteiger partial charge is 0.488 e. The van der Waals surface area contributed by atoms with Gasteiger partial charge in [0.1, 0.15) is 18.2 Å². The molecule has 0 amide bonds.